The number of hydrogen-bond donors (Lipinski definition) is 1. The molecule has 1 aliphatic rings. The molecule has 2 aromatic rings. The quantitative estimate of drug-likeness (QED) is 0.920. The number of amides is 1. The topological polar surface area (TPSA) is 45.2 Å². The Bertz CT molecular complexity index is 725. The summed E-state index contributed by atoms with van der Waals surface area (Å²) in [6.07, 6.45) is 2.57. The number of piperidine rings is 1. The number of benzene rings is 1. The molecule has 1 aliphatic heterocycles. The van der Waals surface area contributed by atoms with Gasteiger partial charge in [-0.1, -0.05) is 6.07 Å². The summed E-state index contributed by atoms with van der Waals surface area (Å²) < 4.78 is 0. The molecule has 0 aliphatic carbocycles. The van der Waals surface area contributed by atoms with Gasteiger partial charge in [0.15, 0.2) is 0 Å². The van der Waals surface area contributed by atoms with E-state index >= 15 is 0 Å². The average Bonchev–Trinajstić information content (AvgIpc) is 2.96. The van der Waals surface area contributed by atoms with Crippen molar-refractivity contribution in [1.29, 1.82) is 0 Å². The van der Waals surface area contributed by atoms with Crippen LogP contribution in [0.5, 0.6) is 0 Å². The first-order valence-corrected chi connectivity index (χ1v) is 9.42. The summed E-state index contributed by atoms with van der Waals surface area (Å²) in [7, 11) is 0. The van der Waals surface area contributed by atoms with Gasteiger partial charge in [0, 0.05) is 30.2 Å². The lowest BCUT2D eigenvalue weighted by molar-refractivity contribution is -0.131. The maximum atomic E-state index is 12.5. The Hall–Kier alpha value is -1.88. The summed E-state index contributed by atoms with van der Waals surface area (Å²) in [5.41, 5.74) is 4.64. The largest absolute Gasteiger partial charge is 0.381 e. The van der Waals surface area contributed by atoms with E-state index in [0.717, 1.165) is 42.3 Å². The number of carbonyl (C=O) groups excluding carboxylic acids is 1. The Morgan fingerprint density at radius 1 is 1.33 bits per heavy atom. The SMILES string of the molecule is Cc1nc(CC(=O)N2CCCC(Nc3ccc(C)c(C)c3)C2)cs1. The van der Waals surface area contributed by atoms with E-state index < -0.39 is 0 Å². The molecule has 1 aromatic carbocycles. The number of anilines is 1. The van der Waals surface area contributed by atoms with Crippen LogP contribution >= 0.6 is 11.3 Å². The summed E-state index contributed by atoms with van der Waals surface area (Å²) in [4.78, 5) is 18.9. The standard InChI is InChI=1S/C19H25N3OS/c1-13-6-7-16(9-14(13)2)21-17-5-4-8-22(11-17)19(23)10-18-12-24-15(3)20-18/h6-7,9,12,17,21H,4-5,8,10-11H2,1-3H3. The molecule has 1 unspecified atom stereocenters. The minimum Gasteiger partial charge on any atom is -0.381 e. The molecule has 0 spiro atoms. The van der Waals surface area contributed by atoms with Crippen molar-refractivity contribution in [2.24, 2.45) is 0 Å². The lowest BCUT2D eigenvalue weighted by Crippen LogP contribution is -2.45. The first-order chi connectivity index (χ1) is 11.5. The van der Waals surface area contributed by atoms with E-state index in [1.54, 1.807) is 11.3 Å². The highest BCUT2D eigenvalue weighted by Gasteiger charge is 2.24. The Labute approximate surface area is 147 Å². The number of hydrogen-bond acceptors (Lipinski definition) is 4. The average molecular weight is 343 g/mol. The molecule has 24 heavy (non-hydrogen) atoms. The first-order valence-electron chi connectivity index (χ1n) is 8.54. The van der Waals surface area contributed by atoms with Gasteiger partial charge in [-0.2, -0.15) is 0 Å². The van der Waals surface area contributed by atoms with Crippen molar-refractivity contribution in [1.82, 2.24) is 9.88 Å². The fourth-order valence-electron chi connectivity index (χ4n) is 3.14. The molecule has 4 nitrogen and oxygen atoms in total. The van der Waals surface area contributed by atoms with E-state index in [9.17, 15) is 4.79 Å². The second kappa shape index (κ2) is 7.34. The molecule has 3 rings (SSSR count). The first kappa shape index (κ1) is 17.0. The number of nitrogens with one attached hydrogen (secondary N) is 1. The lowest BCUT2D eigenvalue weighted by Gasteiger charge is -2.33. The summed E-state index contributed by atoms with van der Waals surface area (Å²) in [5, 5.41) is 6.60. The maximum Gasteiger partial charge on any atom is 0.228 e. The van der Waals surface area contributed by atoms with E-state index in [4.69, 9.17) is 0 Å². The summed E-state index contributed by atoms with van der Waals surface area (Å²) in [5.74, 6) is 0.187. The minimum atomic E-state index is 0.187. The zero-order chi connectivity index (χ0) is 17.1. The van der Waals surface area contributed by atoms with Gasteiger partial charge in [0.1, 0.15) is 0 Å². The lowest BCUT2D eigenvalue weighted by atomic mass is 10.0. The number of thiazole rings is 1. The maximum absolute atomic E-state index is 12.5. The van der Waals surface area contributed by atoms with Crippen molar-refractivity contribution >= 4 is 22.9 Å². The van der Waals surface area contributed by atoms with Crippen molar-refractivity contribution < 1.29 is 4.79 Å². The summed E-state index contributed by atoms with van der Waals surface area (Å²) in [6, 6.07) is 6.78. The van der Waals surface area contributed by atoms with Crippen molar-refractivity contribution in [2.75, 3.05) is 18.4 Å². The second-order valence-corrected chi connectivity index (χ2v) is 7.72. The molecular weight excluding hydrogens is 318 g/mol. The van der Waals surface area contributed by atoms with Gasteiger partial charge in [-0.15, -0.1) is 11.3 Å². The molecule has 2 heterocycles. The molecule has 1 N–H and O–H groups in total. The van der Waals surface area contributed by atoms with Crippen LogP contribution in [0.1, 0.15) is 34.7 Å². The van der Waals surface area contributed by atoms with Crippen LogP contribution < -0.4 is 5.32 Å². The van der Waals surface area contributed by atoms with Crippen LogP contribution in [0.3, 0.4) is 0 Å². The van der Waals surface area contributed by atoms with E-state index in [0.29, 0.717) is 12.5 Å². The van der Waals surface area contributed by atoms with E-state index in [2.05, 4.69) is 42.3 Å². The van der Waals surface area contributed by atoms with Crippen LogP contribution in [0.2, 0.25) is 0 Å². The molecule has 5 heteroatoms. The Morgan fingerprint density at radius 3 is 2.88 bits per heavy atom. The van der Waals surface area contributed by atoms with E-state index in [1.807, 2.05) is 17.2 Å². The van der Waals surface area contributed by atoms with Crippen molar-refractivity contribution in [3.63, 3.8) is 0 Å². The molecule has 1 fully saturated rings. The van der Waals surface area contributed by atoms with Crippen molar-refractivity contribution in [3.8, 4) is 0 Å². The van der Waals surface area contributed by atoms with E-state index in [-0.39, 0.29) is 5.91 Å². The zero-order valence-corrected chi connectivity index (χ0v) is 15.4. The molecule has 0 bridgehead atoms. The fraction of sp³-hybridized carbons (Fsp3) is 0.474. The normalized spacial score (nSPS) is 17.8. The predicted molar refractivity (Wildman–Crippen MR) is 99.7 cm³/mol. The molecule has 1 amide bonds. The molecule has 0 radical (unpaired) electrons. The van der Waals surface area contributed by atoms with Gasteiger partial charge in [0.25, 0.3) is 0 Å². The molecule has 128 valence electrons. The van der Waals surface area contributed by atoms with Crippen LogP contribution in [0.4, 0.5) is 5.69 Å². The van der Waals surface area contributed by atoms with Crippen molar-refractivity contribution in [3.05, 3.63) is 45.4 Å². The third kappa shape index (κ3) is 4.15. The highest BCUT2D eigenvalue weighted by Crippen LogP contribution is 2.20. The number of aromatic nitrogens is 1. The minimum absolute atomic E-state index is 0.187. The van der Waals surface area contributed by atoms with Gasteiger partial charge >= 0.3 is 0 Å². The number of nitrogens with zero attached hydrogens (tertiary/aromatic N) is 2. The third-order valence-electron chi connectivity index (χ3n) is 4.65. The number of rotatable bonds is 4. The molecule has 1 atom stereocenters. The van der Waals surface area contributed by atoms with Crippen LogP contribution in [-0.4, -0.2) is 34.9 Å². The predicted octanol–water partition coefficient (Wildman–Crippen LogP) is 3.71. The van der Waals surface area contributed by atoms with Crippen LogP contribution in [0.25, 0.3) is 0 Å². The molecular formula is C19H25N3OS. The molecule has 1 aromatic heterocycles. The summed E-state index contributed by atoms with van der Waals surface area (Å²) in [6.45, 7) is 7.86. The Balaban J connectivity index is 1.59. The monoisotopic (exact) mass is 343 g/mol. The number of carbonyl (C=O) groups is 1. The number of likely N-dealkylation sites (tertiary alicyclic amines) is 1. The molecule has 1 saturated heterocycles. The van der Waals surface area contributed by atoms with Gasteiger partial charge in [-0.3, -0.25) is 4.79 Å². The highest BCUT2D eigenvalue weighted by molar-refractivity contribution is 7.09. The van der Waals surface area contributed by atoms with Crippen molar-refractivity contribution in [2.45, 2.75) is 46.1 Å². The van der Waals surface area contributed by atoms with E-state index in [1.165, 1.54) is 11.1 Å². The highest BCUT2D eigenvalue weighted by atomic mass is 32.1. The second-order valence-electron chi connectivity index (χ2n) is 6.66. The van der Waals surface area contributed by atoms with Crippen LogP contribution in [-0.2, 0) is 11.2 Å². The smallest absolute Gasteiger partial charge is 0.228 e. The van der Waals surface area contributed by atoms with Gasteiger partial charge in [-0.05, 0) is 56.9 Å². The Morgan fingerprint density at radius 2 is 2.17 bits per heavy atom. The zero-order valence-electron chi connectivity index (χ0n) is 14.6. The van der Waals surface area contributed by atoms with Gasteiger partial charge in [0.05, 0.1) is 17.1 Å². The third-order valence-corrected chi connectivity index (χ3v) is 5.47. The number of aryl methyl sites for hydroxylation is 3. The Kier molecular flexibility index (Phi) is 5.19. The van der Waals surface area contributed by atoms with Crippen LogP contribution in [0, 0.1) is 20.8 Å². The van der Waals surface area contributed by atoms with Gasteiger partial charge in [0.2, 0.25) is 5.91 Å². The fourth-order valence-corrected chi connectivity index (χ4v) is 3.76. The van der Waals surface area contributed by atoms with Gasteiger partial charge in [-0.25, -0.2) is 4.98 Å². The van der Waals surface area contributed by atoms with Crippen LogP contribution in [0.15, 0.2) is 23.6 Å². The molecule has 0 saturated carbocycles. The summed E-state index contributed by atoms with van der Waals surface area (Å²) >= 11 is 1.60. The van der Waals surface area contributed by atoms with Gasteiger partial charge < -0.3 is 10.2 Å².